The number of carbonyl (C=O) groups excluding carboxylic acids is 3. The smallest absolute Gasteiger partial charge is 0.315 e. The molecule has 1 aliphatic heterocycles. The fourth-order valence-corrected chi connectivity index (χ4v) is 2.94. The molecule has 0 radical (unpaired) electrons. The summed E-state index contributed by atoms with van der Waals surface area (Å²) < 4.78 is 0. The normalized spacial score (nSPS) is 16.1. The Morgan fingerprint density at radius 3 is 1.92 bits per heavy atom. The van der Waals surface area contributed by atoms with Gasteiger partial charge in [-0.1, -0.05) is 67.6 Å². The number of carbonyl (C=O) groups is 3. The first-order valence-electron chi connectivity index (χ1n) is 7.86. The number of hydrogen-bond donors (Lipinski definition) is 1. The van der Waals surface area contributed by atoms with Crippen molar-refractivity contribution in [1.82, 2.24) is 10.2 Å². The van der Waals surface area contributed by atoms with Crippen molar-refractivity contribution in [1.29, 1.82) is 0 Å². The SMILES string of the molecule is CCC(=O)CN1C(=O)NC(c2ccccc2)(c2ccccc2)C1=O. The summed E-state index contributed by atoms with van der Waals surface area (Å²) in [5.74, 6) is -0.581. The van der Waals surface area contributed by atoms with Gasteiger partial charge in [0.2, 0.25) is 0 Å². The van der Waals surface area contributed by atoms with Gasteiger partial charge in [0.15, 0.2) is 11.3 Å². The van der Waals surface area contributed by atoms with Crippen molar-refractivity contribution in [2.75, 3.05) is 6.54 Å². The van der Waals surface area contributed by atoms with Crippen LogP contribution in [-0.2, 0) is 15.1 Å². The third-order valence-electron chi connectivity index (χ3n) is 4.25. The zero-order valence-corrected chi connectivity index (χ0v) is 13.4. The van der Waals surface area contributed by atoms with Crippen molar-refractivity contribution in [3.8, 4) is 0 Å². The summed E-state index contributed by atoms with van der Waals surface area (Å²) in [7, 11) is 0. The van der Waals surface area contributed by atoms with E-state index in [0.717, 1.165) is 4.90 Å². The van der Waals surface area contributed by atoms with E-state index in [4.69, 9.17) is 0 Å². The first kappa shape index (κ1) is 15.9. The second-order valence-electron chi connectivity index (χ2n) is 5.70. The third-order valence-corrected chi connectivity index (χ3v) is 4.25. The van der Waals surface area contributed by atoms with Gasteiger partial charge in [0.1, 0.15) is 0 Å². The van der Waals surface area contributed by atoms with Crippen LogP contribution in [-0.4, -0.2) is 29.2 Å². The minimum Gasteiger partial charge on any atom is -0.315 e. The zero-order valence-electron chi connectivity index (χ0n) is 13.4. The number of hydrogen-bond acceptors (Lipinski definition) is 3. The summed E-state index contributed by atoms with van der Waals surface area (Å²) >= 11 is 0. The summed E-state index contributed by atoms with van der Waals surface area (Å²) in [6, 6.07) is 17.6. The molecule has 1 heterocycles. The largest absolute Gasteiger partial charge is 0.325 e. The van der Waals surface area contributed by atoms with E-state index in [9.17, 15) is 14.4 Å². The van der Waals surface area contributed by atoms with Crippen molar-refractivity contribution >= 4 is 17.7 Å². The van der Waals surface area contributed by atoms with Crippen LogP contribution < -0.4 is 5.32 Å². The van der Waals surface area contributed by atoms with Crippen LogP contribution in [0.15, 0.2) is 60.7 Å². The molecule has 1 saturated heterocycles. The third kappa shape index (κ3) is 2.48. The Morgan fingerprint density at radius 2 is 1.46 bits per heavy atom. The fraction of sp³-hybridized carbons (Fsp3) is 0.211. The molecule has 3 rings (SSSR count). The molecular weight excluding hydrogens is 304 g/mol. The van der Waals surface area contributed by atoms with Gasteiger partial charge in [-0.3, -0.25) is 14.5 Å². The van der Waals surface area contributed by atoms with Gasteiger partial charge in [0, 0.05) is 6.42 Å². The molecule has 3 amide bonds. The van der Waals surface area contributed by atoms with Gasteiger partial charge in [-0.05, 0) is 11.1 Å². The molecule has 1 fully saturated rings. The van der Waals surface area contributed by atoms with Crippen LogP contribution in [0.1, 0.15) is 24.5 Å². The summed E-state index contributed by atoms with van der Waals surface area (Å²) in [5.41, 5.74) is 0.0372. The number of nitrogens with one attached hydrogen (secondary N) is 1. The quantitative estimate of drug-likeness (QED) is 0.860. The molecule has 24 heavy (non-hydrogen) atoms. The second kappa shape index (κ2) is 6.28. The molecule has 2 aromatic carbocycles. The van der Waals surface area contributed by atoms with Crippen LogP contribution in [0.25, 0.3) is 0 Å². The maximum Gasteiger partial charge on any atom is 0.325 e. The summed E-state index contributed by atoms with van der Waals surface area (Å²) in [5, 5.41) is 2.81. The van der Waals surface area contributed by atoms with Crippen LogP contribution in [0.5, 0.6) is 0 Å². The van der Waals surface area contributed by atoms with Crippen LogP contribution in [0.2, 0.25) is 0 Å². The molecule has 1 aliphatic rings. The van der Waals surface area contributed by atoms with Gasteiger partial charge < -0.3 is 5.32 Å². The van der Waals surface area contributed by atoms with Crippen molar-refractivity contribution < 1.29 is 14.4 Å². The lowest BCUT2D eigenvalue weighted by Gasteiger charge is -2.27. The number of benzene rings is 2. The topological polar surface area (TPSA) is 66.5 Å². The highest BCUT2D eigenvalue weighted by atomic mass is 16.2. The predicted molar refractivity (Wildman–Crippen MR) is 89.2 cm³/mol. The number of nitrogens with zero attached hydrogens (tertiary/aromatic N) is 1. The number of urea groups is 1. The fourth-order valence-electron chi connectivity index (χ4n) is 2.94. The Bertz CT molecular complexity index is 732. The van der Waals surface area contributed by atoms with E-state index in [1.165, 1.54) is 0 Å². The van der Waals surface area contributed by atoms with Gasteiger partial charge in [0.05, 0.1) is 6.54 Å². The summed E-state index contributed by atoms with van der Waals surface area (Å²) in [6.45, 7) is 1.50. The highest BCUT2D eigenvalue weighted by Gasteiger charge is 2.53. The van der Waals surface area contributed by atoms with Crippen molar-refractivity contribution in [2.24, 2.45) is 0 Å². The van der Waals surface area contributed by atoms with E-state index in [-0.39, 0.29) is 18.7 Å². The standard InChI is InChI=1S/C19H18N2O3/c1-2-16(22)13-21-17(23)19(20-18(21)24,14-9-5-3-6-10-14)15-11-7-4-8-12-15/h3-12H,2,13H2,1H3,(H,20,24). The Hall–Kier alpha value is -2.95. The summed E-state index contributed by atoms with van der Waals surface area (Å²) in [4.78, 5) is 38.4. The highest BCUT2D eigenvalue weighted by molar-refractivity contribution is 6.11. The Labute approximate surface area is 140 Å². The average Bonchev–Trinajstić information content (AvgIpc) is 2.88. The molecular formula is C19H18N2O3. The Balaban J connectivity index is 2.12. The lowest BCUT2D eigenvalue weighted by atomic mass is 9.82. The van der Waals surface area contributed by atoms with Crippen LogP contribution >= 0.6 is 0 Å². The van der Waals surface area contributed by atoms with E-state index in [1.54, 1.807) is 31.2 Å². The minimum atomic E-state index is -1.30. The molecule has 0 bridgehead atoms. The van der Waals surface area contributed by atoms with Gasteiger partial charge >= 0.3 is 6.03 Å². The second-order valence-corrected chi connectivity index (χ2v) is 5.70. The molecule has 2 aromatic rings. The first-order valence-corrected chi connectivity index (χ1v) is 7.86. The van der Waals surface area contributed by atoms with Gasteiger partial charge in [-0.15, -0.1) is 0 Å². The maximum absolute atomic E-state index is 13.2. The van der Waals surface area contributed by atoms with Crippen molar-refractivity contribution in [3.05, 3.63) is 71.8 Å². The van der Waals surface area contributed by atoms with E-state index in [1.807, 2.05) is 36.4 Å². The van der Waals surface area contributed by atoms with Crippen molar-refractivity contribution in [3.63, 3.8) is 0 Å². The highest BCUT2D eigenvalue weighted by Crippen LogP contribution is 2.35. The van der Waals surface area contributed by atoms with Gasteiger partial charge in [-0.2, -0.15) is 0 Å². The number of rotatable bonds is 5. The van der Waals surface area contributed by atoms with Crippen LogP contribution in [0.3, 0.4) is 0 Å². The molecule has 5 heteroatoms. The van der Waals surface area contributed by atoms with Gasteiger partial charge in [0.25, 0.3) is 5.91 Å². The van der Waals surface area contributed by atoms with Gasteiger partial charge in [-0.25, -0.2) is 4.79 Å². The average molecular weight is 322 g/mol. The molecule has 0 aromatic heterocycles. The van der Waals surface area contributed by atoms with E-state index in [2.05, 4.69) is 5.32 Å². The molecule has 0 aliphatic carbocycles. The molecule has 122 valence electrons. The summed E-state index contributed by atoms with van der Waals surface area (Å²) in [6.07, 6.45) is 0.279. The number of Topliss-reactive ketones (excluding diaryl/α,β-unsaturated/α-hetero) is 1. The molecule has 0 atom stereocenters. The van der Waals surface area contributed by atoms with E-state index < -0.39 is 17.5 Å². The Morgan fingerprint density at radius 1 is 0.958 bits per heavy atom. The minimum absolute atomic E-state index is 0.157. The monoisotopic (exact) mass is 322 g/mol. The lowest BCUT2D eigenvalue weighted by Crippen LogP contribution is -2.45. The maximum atomic E-state index is 13.2. The molecule has 0 spiro atoms. The van der Waals surface area contributed by atoms with Crippen molar-refractivity contribution in [2.45, 2.75) is 18.9 Å². The number of imide groups is 1. The zero-order chi connectivity index (χ0) is 17.2. The predicted octanol–water partition coefficient (Wildman–Crippen LogP) is 2.46. The lowest BCUT2D eigenvalue weighted by molar-refractivity contribution is -0.133. The molecule has 5 nitrogen and oxygen atoms in total. The molecule has 1 N–H and O–H groups in total. The van der Waals surface area contributed by atoms with E-state index >= 15 is 0 Å². The van der Waals surface area contributed by atoms with E-state index in [0.29, 0.717) is 11.1 Å². The molecule has 0 unspecified atom stereocenters. The van der Waals surface area contributed by atoms with Crippen LogP contribution in [0.4, 0.5) is 4.79 Å². The number of amides is 3. The van der Waals surface area contributed by atoms with Crippen LogP contribution in [0, 0.1) is 0 Å². The first-order chi connectivity index (χ1) is 11.6. The number of ketones is 1. The Kier molecular flexibility index (Phi) is 4.16. The molecule has 0 saturated carbocycles.